The summed E-state index contributed by atoms with van der Waals surface area (Å²) in [6.45, 7) is 5.28. The van der Waals surface area contributed by atoms with Crippen LogP contribution in [-0.4, -0.2) is 29.9 Å². The predicted molar refractivity (Wildman–Crippen MR) is 159 cm³/mol. The van der Waals surface area contributed by atoms with E-state index >= 15 is 0 Å². The number of nitro benzene ring substituents is 1. The predicted octanol–water partition coefficient (Wildman–Crippen LogP) is 7.86. The number of carbonyl (C=O) groups is 2. The molecule has 0 aliphatic carbocycles. The van der Waals surface area contributed by atoms with Crippen LogP contribution in [-0.2, 0) is 4.79 Å². The van der Waals surface area contributed by atoms with Gasteiger partial charge in [-0.1, -0.05) is 62.9 Å². The fourth-order valence-corrected chi connectivity index (χ4v) is 3.89. The number of hydrogen-bond donors (Lipinski definition) is 0. The highest BCUT2D eigenvalue weighted by atomic mass is 16.6. The normalized spacial score (nSPS) is 11.1. The third-order valence-corrected chi connectivity index (χ3v) is 6.08. The summed E-state index contributed by atoms with van der Waals surface area (Å²) in [4.78, 5) is 36.0. The van der Waals surface area contributed by atoms with E-state index in [9.17, 15) is 19.7 Å². The number of allylic oxidation sites excluding steroid dienone is 1. The molecular weight excluding hydrogens is 522 g/mol. The molecule has 0 radical (unpaired) electrons. The molecule has 0 saturated heterocycles. The molecule has 0 aliphatic rings. The maximum atomic E-state index is 12.7. The van der Waals surface area contributed by atoms with Gasteiger partial charge in [0.15, 0.2) is 5.78 Å². The number of unbranched alkanes of at least 4 members (excludes halogenated alkanes) is 4. The van der Waals surface area contributed by atoms with E-state index in [2.05, 4.69) is 6.92 Å². The summed E-state index contributed by atoms with van der Waals surface area (Å²) in [5, 5.41) is 11.6. The van der Waals surface area contributed by atoms with E-state index in [1.165, 1.54) is 49.6 Å². The minimum absolute atomic E-state index is 0.0979. The van der Waals surface area contributed by atoms with Crippen molar-refractivity contribution in [3.8, 4) is 17.2 Å². The fourth-order valence-electron chi connectivity index (χ4n) is 3.89. The molecular formula is C33H35NO7. The van der Waals surface area contributed by atoms with Gasteiger partial charge in [0.05, 0.1) is 18.1 Å². The van der Waals surface area contributed by atoms with E-state index in [1.807, 2.05) is 31.2 Å². The summed E-state index contributed by atoms with van der Waals surface area (Å²) in [7, 11) is 0. The molecule has 8 nitrogen and oxygen atoms in total. The molecule has 8 heteroatoms. The number of nitrogens with zero attached hydrogens (tertiary/aromatic N) is 1. The molecule has 0 aromatic heterocycles. The Balaban J connectivity index is 1.58. The Labute approximate surface area is 240 Å². The number of esters is 1. The molecule has 0 aliphatic heterocycles. The Morgan fingerprint density at radius 3 is 2.00 bits per heavy atom. The van der Waals surface area contributed by atoms with Crippen molar-refractivity contribution in [1.29, 1.82) is 0 Å². The minimum Gasteiger partial charge on any atom is -0.494 e. The van der Waals surface area contributed by atoms with Gasteiger partial charge in [-0.05, 0) is 73.0 Å². The van der Waals surface area contributed by atoms with Gasteiger partial charge in [0.25, 0.3) is 0 Å². The quantitative estimate of drug-likeness (QED) is 0.0336. The average molecular weight is 558 g/mol. The third kappa shape index (κ3) is 10.4. The molecule has 0 unspecified atom stereocenters. The first-order valence-corrected chi connectivity index (χ1v) is 13.8. The van der Waals surface area contributed by atoms with Gasteiger partial charge in [0.2, 0.25) is 5.75 Å². The minimum atomic E-state index is -0.787. The van der Waals surface area contributed by atoms with Crippen LogP contribution < -0.4 is 14.2 Å². The molecule has 0 atom stereocenters. The number of benzene rings is 3. The Hall–Kier alpha value is -4.72. The first kappa shape index (κ1) is 30.8. The van der Waals surface area contributed by atoms with Crippen molar-refractivity contribution in [3.63, 3.8) is 0 Å². The molecule has 0 heterocycles. The van der Waals surface area contributed by atoms with Crippen molar-refractivity contribution in [1.82, 2.24) is 0 Å². The van der Waals surface area contributed by atoms with Gasteiger partial charge >= 0.3 is 11.7 Å². The van der Waals surface area contributed by atoms with Gasteiger partial charge in [0.1, 0.15) is 11.5 Å². The zero-order valence-corrected chi connectivity index (χ0v) is 23.4. The lowest BCUT2D eigenvalue weighted by molar-refractivity contribution is -0.385. The molecule has 0 N–H and O–H groups in total. The van der Waals surface area contributed by atoms with Crippen LogP contribution in [0.3, 0.4) is 0 Å². The van der Waals surface area contributed by atoms with Crippen LogP contribution in [0.1, 0.15) is 67.4 Å². The Morgan fingerprint density at radius 2 is 1.39 bits per heavy atom. The summed E-state index contributed by atoms with van der Waals surface area (Å²) in [6.07, 6.45) is 11.5. The summed E-state index contributed by atoms with van der Waals surface area (Å²) in [6, 6.07) is 18.2. The molecule has 0 bridgehead atoms. The zero-order chi connectivity index (χ0) is 29.5. The first-order chi connectivity index (χ1) is 19.9. The van der Waals surface area contributed by atoms with E-state index in [-0.39, 0.29) is 11.3 Å². The summed E-state index contributed by atoms with van der Waals surface area (Å²) in [5.41, 5.74) is 1.13. The van der Waals surface area contributed by atoms with Crippen LogP contribution in [0.25, 0.3) is 12.2 Å². The highest BCUT2D eigenvalue weighted by molar-refractivity contribution is 6.07. The second kappa shape index (κ2) is 16.4. The van der Waals surface area contributed by atoms with Crippen molar-refractivity contribution in [2.45, 2.75) is 46.0 Å². The summed E-state index contributed by atoms with van der Waals surface area (Å²) < 4.78 is 16.3. The number of carbonyl (C=O) groups excluding carboxylic acids is 2. The lowest BCUT2D eigenvalue weighted by Gasteiger charge is -2.06. The number of ether oxygens (including phenoxy) is 3. The molecule has 0 spiro atoms. The van der Waals surface area contributed by atoms with Crippen molar-refractivity contribution in [2.24, 2.45) is 0 Å². The maximum Gasteiger partial charge on any atom is 0.336 e. The Bertz CT molecular complexity index is 1360. The Kier molecular flexibility index (Phi) is 12.3. The third-order valence-electron chi connectivity index (χ3n) is 6.08. The van der Waals surface area contributed by atoms with Gasteiger partial charge < -0.3 is 14.2 Å². The molecule has 3 rings (SSSR count). The van der Waals surface area contributed by atoms with Gasteiger partial charge in [-0.3, -0.25) is 14.9 Å². The van der Waals surface area contributed by atoms with Crippen molar-refractivity contribution in [2.75, 3.05) is 13.2 Å². The zero-order valence-electron chi connectivity index (χ0n) is 23.4. The SMILES string of the molecule is CCCCCCCOc1ccc(/C=C/C(=O)c2ccc(OC(=O)/C=C/c3ccc(OCC)cc3)c([N+](=O)[O-])c2)cc1. The molecule has 41 heavy (non-hydrogen) atoms. The Morgan fingerprint density at radius 1 is 0.780 bits per heavy atom. The topological polar surface area (TPSA) is 105 Å². The van der Waals surface area contributed by atoms with Crippen molar-refractivity contribution >= 4 is 29.6 Å². The highest BCUT2D eigenvalue weighted by Gasteiger charge is 2.20. The highest BCUT2D eigenvalue weighted by Crippen LogP contribution is 2.29. The van der Waals surface area contributed by atoms with E-state index in [0.717, 1.165) is 35.8 Å². The van der Waals surface area contributed by atoms with Gasteiger partial charge in [-0.2, -0.15) is 0 Å². The number of hydrogen-bond acceptors (Lipinski definition) is 7. The maximum absolute atomic E-state index is 12.7. The molecule has 0 fully saturated rings. The number of nitro groups is 1. The second-order valence-electron chi connectivity index (χ2n) is 9.23. The van der Waals surface area contributed by atoms with Gasteiger partial charge in [0, 0.05) is 17.7 Å². The molecule has 3 aromatic rings. The monoisotopic (exact) mass is 557 g/mol. The fraction of sp³-hybridized carbons (Fsp3) is 0.273. The average Bonchev–Trinajstić information content (AvgIpc) is 2.98. The van der Waals surface area contributed by atoms with Crippen LogP contribution in [0.5, 0.6) is 17.2 Å². The second-order valence-corrected chi connectivity index (χ2v) is 9.23. The van der Waals surface area contributed by atoms with Crippen LogP contribution >= 0.6 is 0 Å². The largest absolute Gasteiger partial charge is 0.494 e. The van der Waals surface area contributed by atoms with Crippen molar-refractivity contribution in [3.05, 3.63) is 106 Å². The van der Waals surface area contributed by atoms with Crippen LogP contribution in [0, 0.1) is 10.1 Å². The molecule has 0 saturated carbocycles. The van der Waals surface area contributed by atoms with E-state index in [0.29, 0.717) is 19.0 Å². The number of ketones is 1. The molecule has 3 aromatic carbocycles. The van der Waals surface area contributed by atoms with Crippen LogP contribution in [0.4, 0.5) is 5.69 Å². The van der Waals surface area contributed by atoms with Crippen molar-refractivity contribution < 1.29 is 28.7 Å². The van der Waals surface area contributed by atoms with Gasteiger partial charge in [-0.15, -0.1) is 0 Å². The standard InChI is InChI=1S/C33H35NO7/c1-3-5-6-7-8-23-40-29-18-11-25(12-19-29)13-20-31(35)27-15-21-32(30(24-27)34(37)38)41-33(36)22-14-26-9-16-28(17-10-26)39-4-2/h9-22,24H,3-8,23H2,1-2H3/b20-13+,22-14+. The lowest BCUT2D eigenvalue weighted by atomic mass is 10.1. The van der Waals surface area contributed by atoms with E-state index in [4.69, 9.17) is 14.2 Å². The van der Waals surface area contributed by atoms with E-state index in [1.54, 1.807) is 30.3 Å². The lowest BCUT2D eigenvalue weighted by Crippen LogP contribution is -2.07. The molecule has 214 valence electrons. The first-order valence-electron chi connectivity index (χ1n) is 13.8. The summed E-state index contributed by atoms with van der Waals surface area (Å²) >= 11 is 0. The van der Waals surface area contributed by atoms with Crippen LogP contribution in [0.2, 0.25) is 0 Å². The smallest absolute Gasteiger partial charge is 0.336 e. The molecule has 0 amide bonds. The van der Waals surface area contributed by atoms with E-state index < -0.39 is 22.4 Å². The van der Waals surface area contributed by atoms with Gasteiger partial charge in [-0.25, -0.2) is 4.79 Å². The summed E-state index contributed by atoms with van der Waals surface area (Å²) in [5.74, 6) is 0.00850. The van der Waals surface area contributed by atoms with Crippen LogP contribution in [0.15, 0.2) is 78.9 Å². The number of rotatable bonds is 16.